The van der Waals surface area contributed by atoms with Gasteiger partial charge in [-0.3, -0.25) is 0 Å². The third-order valence-electron chi connectivity index (χ3n) is 4.76. The van der Waals surface area contributed by atoms with Crippen LogP contribution < -0.4 is 10.6 Å². The quantitative estimate of drug-likeness (QED) is 0.271. The van der Waals surface area contributed by atoms with Crippen LogP contribution in [0.2, 0.25) is 0 Å². The van der Waals surface area contributed by atoms with Gasteiger partial charge in [-0.25, -0.2) is 0 Å². The van der Waals surface area contributed by atoms with Crippen LogP contribution in [0, 0.1) is 0 Å². The summed E-state index contributed by atoms with van der Waals surface area (Å²) in [6.07, 6.45) is -6.71. The number of hydrogen-bond donors (Lipinski definition) is 0. The zero-order valence-electron chi connectivity index (χ0n) is 14.6. The van der Waals surface area contributed by atoms with Crippen LogP contribution in [-0.2, 0) is 6.18 Å². The molecule has 0 aliphatic rings. The van der Waals surface area contributed by atoms with E-state index in [-0.39, 0.29) is 24.3 Å². The predicted molar refractivity (Wildman–Crippen MR) is 87.6 cm³/mol. The van der Waals surface area contributed by atoms with Gasteiger partial charge in [0.1, 0.15) is 0 Å². The van der Waals surface area contributed by atoms with Crippen LogP contribution in [0.15, 0.2) is 48.5 Å². The summed E-state index contributed by atoms with van der Waals surface area (Å²) in [5.41, 5.74) is -4.45. The standard InChI is InChI=1S/C17H9F12OP/c18-14(19,20)11-6-2-4-8-13(11)31(15(21,22)23,16(24,25)26,17(27,28)29)12-7-3-1-5-10(12)9-30/h1-9H. The summed E-state index contributed by atoms with van der Waals surface area (Å²) in [5, 5.41) is -5.66. The first-order valence-corrected chi connectivity index (χ1v) is 10.1. The fraction of sp³-hybridized carbons (Fsp3) is 0.235. The molecule has 0 bridgehead atoms. The van der Waals surface area contributed by atoms with Crippen molar-refractivity contribution in [1.29, 1.82) is 0 Å². The molecule has 0 spiro atoms. The van der Waals surface area contributed by atoms with Gasteiger partial charge < -0.3 is 0 Å². The average molecular weight is 488 g/mol. The number of carbonyl (C=O) groups is 1. The number of aldehydes is 1. The van der Waals surface area contributed by atoms with Gasteiger partial charge in [0, 0.05) is 0 Å². The Hall–Kier alpha value is -2.30. The summed E-state index contributed by atoms with van der Waals surface area (Å²) in [5.74, 6) is -22.0. The number of rotatable bonds is 3. The van der Waals surface area contributed by atoms with E-state index in [1.165, 1.54) is 0 Å². The number of hydrogen-bond acceptors (Lipinski definition) is 1. The molecule has 1 nitrogen and oxygen atoms in total. The molecule has 0 radical (unpaired) electrons. The summed E-state index contributed by atoms with van der Waals surface area (Å²) in [7, 11) is 0. The van der Waals surface area contributed by atoms with Gasteiger partial charge in [-0.2, -0.15) is 0 Å². The molecule has 0 N–H and O–H groups in total. The summed E-state index contributed by atoms with van der Waals surface area (Å²) < 4.78 is 170. The molecular formula is C17H9F12OP. The first kappa shape index (κ1) is 25.0. The second-order valence-corrected chi connectivity index (χ2v) is 10.9. The van der Waals surface area contributed by atoms with E-state index >= 15 is 0 Å². The zero-order chi connectivity index (χ0) is 24.1. The van der Waals surface area contributed by atoms with Crippen molar-refractivity contribution in [2.45, 2.75) is 23.9 Å². The molecule has 0 heterocycles. The maximum absolute atomic E-state index is 14.4. The van der Waals surface area contributed by atoms with Crippen LogP contribution >= 0.6 is 6.60 Å². The Labute approximate surface area is 165 Å². The molecule has 0 amide bonds. The molecule has 0 atom stereocenters. The Morgan fingerprint density at radius 1 is 0.581 bits per heavy atom. The van der Waals surface area contributed by atoms with E-state index in [1.54, 1.807) is 0 Å². The third kappa shape index (κ3) is 2.88. The van der Waals surface area contributed by atoms with Crippen LogP contribution in [-0.4, -0.2) is 24.0 Å². The third-order valence-corrected chi connectivity index (χ3v) is 10.5. The first-order valence-electron chi connectivity index (χ1n) is 7.81. The molecule has 0 aromatic heterocycles. The SMILES string of the molecule is O=Cc1ccccc1P(c1ccccc1C(F)(F)F)(C(F)(F)F)(C(F)(F)F)C(F)(F)F. The minimum atomic E-state index is -9.91. The molecule has 2 aromatic carbocycles. The van der Waals surface area contributed by atoms with Crippen LogP contribution in [0.1, 0.15) is 15.9 Å². The van der Waals surface area contributed by atoms with Gasteiger partial charge in [0.2, 0.25) is 0 Å². The molecule has 0 saturated carbocycles. The van der Waals surface area contributed by atoms with Crippen molar-refractivity contribution in [1.82, 2.24) is 0 Å². The number of carbonyl (C=O) groups excluding carboxylic acids is 1. The topological polar surface area (TPSA) is 17.1 Å². The molecule has 172 valence electrons. The monoisotopic (exact) mass is 488 g/mol. The van der Waals surface area contributed by atoms with E-state index in [2.05, 4.69) is 0 Å². The van der Waals surface area contributed by atoms with Crippen LogP contribution in [0.4, 0.5) is 52.7 Å². The molecule has 2 rings (SSSR count). The van der Waals surface area contributed by atoms with Gasteiger partial charge in [-0.1, -0.05) is 0 Å². The van der Waals surface area contributed by atoms with Crippen molar-refractivity contribution in [3.8, 4) is 0 Å². The zero-order valence-corrected chi connectivity index (χ0v) is 15.5. The molecule has 0 unspecified atom stereocenters. The Morgan fingerprint density at radius 3 is 1.35 bits per heavy atom. The maximum atomic E-state index is 14.4. The summed E-state index contributed by atoms with van der Waals surface area (Å²) >= 11 is 0. The van der Waals surface area contributed by atoms with Gasteiger partial charge in [-0.15, -0.1) is 0 Å². The van der Waals surface area contributed by atoms with Gasteiger partial charge in [0.25, 0.3) is 0 Å². The molecule has 0 aliphatic heterocycles. The molecule has 14 heteroatoms. The van der Waals surface area contributed by atoms with E-state index in [0.29, 0.717) is 18.2 Å². The Kier molecular flexibility index (Phi) is 5.73. The molecule has 2 aromatic rings. The Bertz CT molecular complexity index is 945. The van der Waals surface area contributed by atoms with Crippen molar-refractivity contribution in [2.75, 3.05) is 0 Å². The van der Waals surface area contributed by atoms with Crippen LogP contribution in [0.3, 0.4) is 0 Å². The van der Waals surface area contributed by atoms with E-state index in [1.807, 2.05) is 0 Å². The van der Waals surface area contributed by atoms with Crippen molar-refractivity contribution in [2.24, 2.45) is 0 Å². The second kappa shape index (κ2) is 7.11. The predicted octanol–water partition coefficient (Wildman–Crippen LogP) is 6.58. The molecule has 0 saturated heterocycles. The second-order valence-electron chi connectivity index (χ2n) is 6.21. The molecule has 0 aliphatic carbocycles. The van der Waals surface area contributed by atoms with Gasteiger partial charge in [0.05, 0.1) is 0 Å². The number of benzene rings is 2. The first-order chi connectivity index (χ1) is 13.9. The molecule has 0 fully saturated rings. The van der Waals surface area contributed by atoms with E-state index < -0.39 is 64.6 Å². The Balaban J connectivity index is 3.53. The van der Waals surface area contributed by atoms with Crippen molar-refractivity contribution in [3.63, 3.8) is 0 Å². The summed E-state index contributed by atoms with van der Waals surface area (Å²) in [6, 6.07) is 0.776. The van der Waals surface area contributed by atoms with E-state index in [9.17, 15) is 57.5 Å². The van der Waals surface area contributed by atoms with Crippen molar-refractivity contribution in [3.05, 3.63) is 59.7 Å². The van der Waals surface area contributed by atoms with Gasteiger partial charge in [-0.05, 0) is 0 Å². The van der Waals surface area contributed by atoms with Gasteiger partial charge >= 0.3 is 165 Å². The fourth-order valence-electron chi connectivity index (χ4n) is 3.48. The minimum absolute atomic E-state index is 0.207. The average Bonchev–Trinajstić information content (AvgIpc) is 2.59. The summed E-state index contributed by atoms with van der Waals surface area (Å²) in [4.78, 5) is 11.2. The van der Waals surface area contributed by atoms with Crippen LogP contribution in [0.5, 0.6) is 0 Å². The normalized spacial score (nSPS) is 15.3. The molecular weight excluding hydrogens is 479 g/mol. The van der Waals surface area contributed by atoms with Crippen molar-refractivity contribution < 1.29 is 57.5 Å². The van der Waals surface area contributed by atoms with Crippen molar-refractivity contribution >= 4 is 23.5 Å². The van der Waals surface area contributed by atoms with E-state index in [0.717, 1.165) is 0 Å². The van der Waals surface area contributed by atoms with Crippen LogP contribution in [0.25, 0.3) is 0 Å². The number of halogens is 12. The Morgan fingerprint density at radius 2 is 0.968 bits per heavy atom. The van der Waals surface area contributed by atoms with Gasteiger partial charge in [0.15, 0.2) is 0 Å². The fourth-order valence-corrected chi connectivity index (χ4v) is 8.33. The molecule has 31 heavy (non-hydrogen) atoms. The number of alkyl halides is 12. The van der Waals surface area contributed by atoms with E-state index in [4.69, 9.17) is 0 Å². The summed E-state index contributed by atoms with van der Waals surface area (Å²) in [6.45, 7) is -9.91.